The van der Waals surface area contributed by atoms with Crippen molar-refractivity contribution in [2.45, 2.75) is 25.4 Å². The molecule has 0 unspecified atom stereocenters. The van der Waals surface area contributed by atoms with Crippen LogP contribution in [0.25, 0.3) is 0 Å². The molecule has 0 bridgehead atoms. The lowest BCUT2D eigenvalue weighted by Gasteiger charge is -2.35. The van der Waals surface area contributed by atoms with Crippen molar-refractivity contribution < 1.29 is 14.2 Å². The Morgan fingerprint density at radius 1 is 1.29 bits per heavy atom. The van der Waals surface area contributed by atoms with Crippen LogP contribution in [0.2, 0.25) is 0 Å². The minimum atomic E-state index is -0.0185. The van der Waals surface area contributed by atoms with E-state index in [1.807, 2.05) is 6.92 Å². The average molecular weight is 267 g/mol. The summed E-state index contributed by atoms with van der Waals surface area (Å²) in [5.41, 5.74) is -0.0185. The Labute approximate surface area is 94.2 Å². The summed E-state index contributed by atoms with van der Waals surface area (Å²) in [6.07, 6.45) is 1.95. The third-order valence-electron chi connectivity index (χ3n) is 2.49. The predicted molar refractivity (Wildman–Crippen MR) is 59.0 cm³/mol. The molecule has 0 saturated carbocycles. The predicted octanol–water partition coefficient (Wildman–Crippen LogP) is 1.98. The van der Waals surface area contributed by atoms with E-state index >= 15 is 0 Å². The molecule has 84 valence electrons. The van der Waals surface area contributed by atoms with Gasteiger partial charge in [-0.1, -0.05) is 15.9 Å². The fourth-order valence-corrected chi connectivity index (χ4v) is 2.24. The van der Waals surface area contributed by atoms with Crippen LogP contribution in [0.15, 0.2) is 0 Å². The van der Waals surface area contributed by atoms with E-state index in [9.17, 15) is 0 Å². The second-order valence-electron chi connectivity index (χ2n) is 3.47. The average Bonchev–Trinajstić information content (AvgIpc) is 2.26. The van der Waals surface area contributed by atoms with E-state index in [0.717, 1.165) is 38.0 Å². The molecule has 1 saturated heterocycles. The Bertz CT molecular complexity index is 146. The normalized spacial score (nSPS) is 21.0. The Kier molecular flexibility index (Phi) is 6.01. The van der Waals surface area contributed by atoms with Crippen molar-refractivity contribution in [3.05, 3.63) is 0 Å². The highest BCUT2D eigenvalue weighted by atomic mass is 79.9. The second-order valence-corrected chi connectivity index (χ2v) is 4.04. The third-order valence-corrected chi connectivity index (χ3v) is 3.51. The number of hydrogen-bond acceptors (Lipinski definition) is 3. The Morgan fingerprint density at radius 2 is 2.00 bits per heavy atom. The van der Waals surface area contributed by atoms with Crippen molar-refractivity contribution in [2.24, 2.45) is 0 Å². The molecule has 0 aromatic heterocycles. The first kappa shape index (κ1) is 12.4. The van der Waals surface area contributed by atoms with E-state index in [0.29, 0.717) is 13.2 Å². The minimum absolute atomic E-state index is 0.0185. The SMILES string of the molecule is CCOCCOC1(CBr)CCOCC1. The Morgan fingerprint density at radius 3 is 2.57 bits per heavy atom. The maximum Gasteiger partial charge on any atom is 0.0823 e. The molecular weight excluding hydrogens is 248 g/mol. The summed E-state index contributed by atoms with van der Waals surface area (Å²) >= 11 is 3.52. The molecule has 1 heterocycles. The first-order valence-corrected chi connectivity index (χ1v) is 6.30. The monoisotopic (exact) mass is 266 g/mol. The van der Waals surface area contributed by atoms with E-state index in [-0.39, 0.29) is 5.60 Å². The van der Waals surface area contributed by atoms with Gasteiger partial charge in [0.15, 0.2) is 0 Å². The molecule has 0 aromatic rings. The van der Waals surface area contributed by atoms with Crippen LogP contribution in [0.4, 0.5) is 0 Å². The Hall–Kier alpha value is 0.360. The van der Waals surface area contributed by atoms with Gasteiger partial charge >= 0.3 is 0 Å². The van der Waals surface area contributed by atoms with Crippen LogP contribution >= 0.6 is 15.9 Å². The van der Waals surface area contributed by atoms with Crippen LogP contribution in [-0.2, 0) is 14.2 Å². The van der Waals surface area contributed by atoms with Gasteiger partial charge in [-0.25, -0.2) is 0 Å². The van der Waals surface area contributed by atoms with Crippen molar-refractivity contribution in [1.82, 2.24) is 0 Å². The van der Waals surface area contributed by atoms with Crippen molar-refractivity contribution in [3.63, 3.8) is 0 Å². The highest BCUT2D eigenvalue weighted by Gasteiger charge is 2.32. The third kappa shape index (κ3) is 3.85. The molecule has 1 aliphatic heterocycles. The zero-order chi connectivity index (χ0) is 10.3. The van der Waals surface area contributed by atoms with Gasteiger partial charge < -0.3 is 14.2 Å². The molecule has 3 nitrogen and oxygen atoms in total. The minimum Gasteiger partial charge on any atom is -0.381 e. The molecule has 1 fully saturated rings. The van der Waals surface area contributed by atoms with Gasteiger partial charge in [0.1, 0.15) is 0 Å². The summed E-state index contributed by atoms with van der Waals surface area (Å²) in [6, 6.07) is 0. The van der Waals surface area contributed by atoms with E-state index in [1.165, 1.54) is 0 Å². The number of alkyl halides is 1. The van der Waals surface area contributed by atoms with E-state index in [2.05, 4.69) is 15.9 Å². The highest BCUT2D eigenvalue weighted by Crippen LogP contribution is 2.27. The summed E-state index contributed by atoms with van der Waals surface area (Å²) in [4.78, 5) is 0. The molecule has 0 aliphatic carbocycles. The van der Waals surface area contributed by atoms with Crippen LogP contribution in [0.5, 0.6) is 0 Å². The van der Waals surface area contributed by atoms with Gasteiger partial charge in [0, 0.05) is 38.0 Å². The van der Waals surface area contributed by atoms with Gasteiger partial charge in [0.2, 0.25) is 0 Å². The van der Waals surface area contributed by atoms with E-state index < -0.39 is 0 Å². The topological polar surface area (TPSA) is 27.7 Å². The highest BCUT2D eigenvalue weighted by molar-refractivity contribution is 9.09. The molecule has 0 amide bonds. The van der Waals surface area contributed by atoms with E-state index in [1.54, 1.807) is 0 Å². The van der Waals surface area contributed by atoms with Crippen LogP contribution in [0.3, 0.4) is 0 Å². The number of ether oxygens (including phenoxy) is 3. The van der Waals surface area contributed by atoms with Gasteiger partial charge in [-0.05, 0) is 6.92 Å². The van der Waals surface area contributed by atoms with Gasteiger partial charge in [-0.3, -0.25) is 0 Å². The first-order valence-electron chi connectivity index (χ1n) is 5.18. The molecule has 0 atom stereocenters. The molecule has 0 N–H and O–H groups in total. The molecule has 0 radical (unpaired) electrons. The molecule has 1 rings (SSSR count). The number of halogens is 1. The fraction of sp³-hybridized carbons (Fsp3) is 1.00. The summed E-state index contributed by atoms with van der Waals surface area (Å²) < 4.78 is 16.4. The second kappa shape index (κ2) is 6.77. The van der Waals surface area contributed by atoms with Crippen LogP contribution in [-0.4, -0.2) is 44.0 Å². The number of rotatable bonds is 6. The summed E-state index contributed by atoms with van der Waals surface area (Å²) in [5.74, 6) is 0. The molecule has 1 aliphatic rings. The van der Waals surface area contributed by atoms with Crippen molar-refractivity contribution in [1.29, 1.82) is 0 Å². The lowest BCUT2D eigenvalue weighted by atomic mass is 9.97. The summed E-state index contributed by atoms with van der Waals surface area (Å²) in [5, 5.41) is 0.884. The lowest BCUT2D eigenvalue weighted by molar-refractivity contribution is -0.106. The largest absolute Gasteiger partial charge is 0.381 e. The maximum absolute atomic E-state index is 5.87. The van der Waals surface area contributed by atoms with Crippen LogP contribution in [0.1, 0.15) is 19.8 Å². The molecular formula is C10H19BrO3. The standard InChI is InChI=1S/C10H19BrO3/c1-2-12-7-8-14-10(9-11)3-5-13-6-4-10/h2-9H2,1H3. The van der Waals surface area contributed by atoms with Gasteiger partial charge in [0.05, 0.1) is 18.8 Å². The maximum atomic E-state index is 5.87. The Balaban J connectivity index is 2.22. The fourth-order valence-electron chi connectivity index (χ4n) is 1.52. The smallest absolute Gasteiger partial charge is 0.0823 e. The van der Waals surface area contributed by atoms with Crippen LogP contribution in [0, 0.1) is 0 Å². The van der Waals surface area contributed by atoms with Gasteiger partial charge in [0.25, 0.3) is 0 Å². The van der Waals surface area contributed by atoms with Crippen molar-refractivity contribution >= 4 is 15.9 Å². The quantitative estimate of drug-likeness (QED) is 0.544. The molecule has 0 aromatic carbocycles. The lowest BCUT2D eigenvalue weighted by Crippen LogP contribution is -2.41. The summed E-state index contributed by atoms with van der Waals surface area (Å²) in [7, 11) is 0. The van der Waals surface area contributed by atoms with E-state index in [4.69, 9.17) is 14.2 Å². The van der Waals surface area contributed by atoms with Gasteiger partial charge in [-0.2, -0.15) is 0 Å². The first-order chi connectivity index (χ1) is 6.83. The van der Waals surface area contributed by atoms with Crippen molar-refractivity contribution in [3.8, 4) is 0 Å². The molecule has 14 heavy (non-hydrogen) atoms. The number of hydrogen-bond donors (Lipinski definition) is 0. The van der Waals surface area contributed by atoms with Crippen LogP contribution < -0.4 is 0 Å². The molecule has 0 spiro atoms. The zero-order valence-corrected chi connectivity index (χ0v) is 10.3. The zero-order valence-electron chi connectivity index (χ0n) is 8.76. The molecule has 4 heteroatoms. The summed E-state index contributed by atoms with van der Waals surface area (Å²) in [6.45, 7) is 5.73. The van der Waals surface area contributed by atoms with Crippen molar-refractivity contribution in [2.75, 3.05) is 38.4 Å². The van der Waals surface area contributed by atoms with Gasteiger partial charge in [-0.15, -0.1) is 0 Å².